The molecule has 0 aliphatic heterocycles. The topological polar surface area (TPSA) is 154 Å². The normalized spacial score (nSPS) is 12.1. The van der Waals surface area contributed by atoms with Gasteiger partial charge in [-0.15, -0.1) is 11.3 Å². The number of carbonyl (C=O) groups excluding carboxylic acids is 1. The summed E-state index contributed by atoms with van der Waals surface area (Å²) in [5.74, 6) is 4.23. The second-order valence-corrected chi connectivity index (χ2v) is 7.53. The largest absolute Gasteiger partial charge is 0.465 e. The summed E-state index contributed by atoms with van der Waals surface area (Å²) in [6.07, 6.45) is 0. The number of thiophene rings is 1. The molecule has 4 N–H and O–H groups in total. The molecule has 0 saturated carbocycles. The third-order valence-electron chi connectivity index (χ3n) is 2.95. The van der Waals surface area contributed by atoms with Gasteiger partial charge in [0.1, 0.15) is 9.77 Å². The van der Waals surface area contributed by atoms with E-state index in [1.165, 1.54) is 11.4 Å². The quantitative estimate of drug-likeness (QED) is 0.253. The number of aromatic nitrogens is 2. The number of rotatable bonds is 4. The average Bonchev–Trinajstić information content (AvgIpc) is 3.02. The monoisotopic (exact) mass is 384 g/mol. The maximum absolute atomic E-state index is 12.6. The predicted octanol–water partition coefficient (Wildman–Crippen LogP) is 0.452. The van der Waals surface area contributed by atoms with Crippen LogP contribution in [-0.2, 0) is 14.8 Å². The van der Waals surface area contributed by atoms with E-state index in [4.69, 9.17) is 11.6 Å². The van der Waals surface area contributed by atoms with Crippen molar-refractivity contribution in [1.29, 1.82) is 0 Å². The van der Waals surface area contributed by atoms with Crippen LogP contribution in [0.2, 0.25) is 0 Å². The first-order valence-corrected chi connectivity index (χ1v) is 9.11. The standard InChI is InChI=1S/C13H16N6O4S2/c1-7-6-8(2)17-13(16-7)18-12(14)19(15)25(21,22)9-4-5-24-10(9)11(20)23-3/h4-6H,15H2,1-3H3,(H2,14,16,17,18). The van der Waals surface area contributed by atoms with Crippen LogP contribution in [0.3, 0.4) is 0 Å². The number of hydrazine groups is 1. The Morgan fingerprint density at radius 2 is 1.92 bits per heavy atom. The molecule has 0 spiro atoms. The Morgan fingerprint density at radius 3 is 2.48 bits per heavy atom. The maximum atomic E-state index is 12.6. The molecule has 0 bridgehead atoms. The molecule has 0 unspecified atom stereocenters. The number of hydrogen-bond acceptors (Lipinski definition) is 9. The number of esters is 1. The van der Waals surface area contributed by atoms with E-state index in [9.17, 15) is 13.2 Å². The number of aliphatic imine (C=N–C) groups is 1. The van der Waals surface area contributed by atoms with Crippen LogP contribution in [0.15, 0.2) is 27.4 Å². The van der Waals surface area contributed by atoms with Crippen molar-refractivity contribution in [3.8, 4) is 0 Å². The van der Waals surface area contributed by atoms with Gasteiger partial charge in [-0.3, -0.25) is 0 Å². The van der Waals surface area contributed by atoms with Crippen LogP contribution in [0.1, 0.15) is 21.1 Å². The Balaban J connectivity index is 2.41. The summed E-state index contributed by atoms with van der Waals surface area (Å²) in [7, 11) is -3.17. The minimum Gasteiger partial charge on any atom is -0.465 e. The van der Waals surface area contributed by atoms with Crippen LogP contribution < -0.4 is 11.6 Å². The van der Waals surface area contributed by atoms with Gasteiger partial charge in [0.15, 0.2) is 0 Å². The van der Waals surface area contributed by atoms with Crippen LogP contribution in [0.4, 0.5) is 5.95 Å². The van der Waals surface area contributed by atoms with Gasteiger partial charge in [-0.05, 0) is 31.4 Å². The van der Waals surface area contributed by atoms with E-state index in [-0.39, 0.29) is 20.1 Å². The molecule has 2 aromatic heterocycles. The molecule has 25 heavy (non-hydrogen) atoms. The van der Waals surface area contributed by atoms with Gasteiger partial charge in [-0.1, -0.05) is 0 Å². The van der Waals surface area contributed by atoms with E-state index in [0.29, 0.717) is 11.4 Å². The van der Waals surface area contributed by atoms with Crippen molar-refractivity contribution < 1.29 is 17.9 Å². The molecule has 0 aliphatic rings. The van der Waals surface area contributed by atoms with E-state index in [1.807, 2.05) is 0 Å². The molecular weight excluding hydrogens is 368 g/mol. The molecule has 2 rings (SSSR count). The fourth-order valence-electron chi connectivity index (χ4n) is 1.88. The molecule has 0 amide bonds. The highest BCUT2D eigenvalue weighted by molar-refractivity contribution is 7.89. The molecule has 0 fully saturated rings. The first kappa shape index (κ1) is 18.8. The molecule has 0 atom stereocenters. The van der Waals surface area contributed by atoms with Gasteiger partial charge >= 0.3 is 5.97 Å². The summed E-state index contributed by atoms with van der Waals surface area (Å²) in [4.78, 5) is 23.1. The zero-order chi connectivity index (χ0) is 18.8. The first-order chi connectivity index (χ1) is 11.7. The number of sulfonamides is 1. The fraction of sp³-hybridized carbons (Fsp3) is 0.231. The van der Waals surface area contributed by atoms with Gasteiger partial charge in [0.2, 0.25) is 5.96 Å². The Hall–Kier alpha value is -2.57. The number of nitrogens with zero attached hydrogens (tertiary/aromatic N) is 4. The third kappa shape index (κ3) is 3.92. The van der Waals surface area contributed by atoms with Crippen LogP contribution in [0.5, 0.6) is 0 Å². The van der Waals surface area contributed by atoms with Gasteiger partial charge in [0.05, 0.1) is 7.11 Å². The SMILES string of the molecule is COC(=O)c1sccc1S(=O)(=O)N(N)C(N)=Nc1nc(C)cc(C)n1. The zero-order valence-corrected chi connectivity index (χ0v) is 15.3. The van der Waals surface area contributed by atoms with Crippen molar-refractivity contribution >= 4 is 39.2 Å². The van der Waals surface area contributed by atoms with E-state index in [0.717, 1.165) is 18.4 Å². The minimum absolute atomic E-state index is 0.0286. The lowest BCUT2D eigenvalue weighted by molar-refractivity contribution is 0.0602. The summed E-state index contributed by atoms with van der Waals surface area (Å²) in [5.41, 5.74) is 6.95. The molecule has 0 aliphatic carbocycles. The van der Waals surface area contributed by atoms with Gasteiger partial charge in [0, 0.05) is 11.4 Å². The molecule has 10 nitrogen and oxygen atoms in total. The summed E-state index contributed by atoms with van der Waals surface area (Å²) < 4.78 is 30.0. The number of guanidine groups is 1. The van der Waals surface area contributed by atoms with Crippen LogP contribution in [-0.4, -0.2) is 41.8 Å². The number of carbonyl (C=O) groups is 1. The third-order valence-corrected chi connectivity index (χ3v) is 5.57. The molecule has 2 aromatic rings. The molecular formula is C13H16N6O4S2. The van der Waals surface area contributed by atoms with Gasteiger partial charge < -0.3 is 10.5 Å². The Bertz CT molecular complexity index is 917. The number of methoxy groups -OCH3 is 1. The van der Waals surface area contributed by atoms with E-state index in [1.54, 1.807) is 19.9 Å². The fourth-order valence-corrected chi connectivity index (χ4v) is 4.19. The van der Waals surface area contributed by atoms with Crippen molar-refractivity contribution in [2.75, 3.05) is 7.11 Å². The van der Waals surface area contributed by atoms with E-state index in [2.05, 4.69) is 19.7 Å². The lowest BCUT2D eigenvalue weighted by Crippen LogP contribution is -2.47. The van der Waals surface area contributed by atoms with Crippen molar-refractivity contribution in [2.24, 2.45) is 16.6 Å². The molecule has 2 heterocycles. The predicted molar refractivity (Wildman–Crippen MR) is 91.7 cm³/mol. The van der Waals surface area contributed by atoms with E-state index >= 15 is 0 Å². The minimum atomic E-state index is -4.31. The van der Waals surface area contributed by atoms with E-state index < -0.39 is 22.0 Å². The second kappa shape index (κ2) is 7.13. The number of nitrogens with two attached hydrogens (primary N) is 2. The Labute approximate surface area is 148 Å². The van der Waals surface area contributed by atoms with Crippen LogP contribution >= 0.6 is 11.3 Å². The highest BCUT2D eigenvalue weighted by Crippen LogP contribution is 2.25. The summed E-state index contributed by atoms with van der Waals surface area (Å²) in [6.45, 7) is 3.46. The number of ether oxygens (including phenoxy) is 1. The number of hydrogen-bond donors (Lipinski definition) is 2. The van der Waals surface area contributed by atoms with Gasteiger partial charge in [-0.25, -0.2) is 20.6 Å². The molecule has 0 saturated heterocycles. The van der Waals surface area contributed by atoms with Gasteiger partial charge in [-0.2, -0.15) is 17.8 Å². The van der Waals surface area contributed by atoms with Gasteiger partial charge in [0.25, 0.3) is 16.0 Å². The molecule has 134 valence electrons. The highest BCUT2D eigenvalue weighted by Gasteiger charge is 2.30. The zero-order valence-electron chi connectivity index (χ0n) is 13.6. The molecule has 0 aromatic carbocycles. The second-order valence-electron chi connectivity index (χ2n) is 4.83. The average molecular weight is 384 g/mol. The Kier molecular flexibility index (Phi) is 5.35. The van der Waals surface area contributed by atoms with Crippen molar-refractivity contribution in [3.05, 3.63) is 33.8 Å². The summed E-state index contributed by atoms with van der Waals surface area (Å²) in [5, 5.41) is 1.42. The van der Waals surface area contributed by atoms with Crippen molar-refractivity contribution in [1.82, 2.24) is 14.4 Å². The summed E-state index contributed by atoms with van der Waals surface area (Å²) in [6, 6.07) is 2.95. The summed E-state index contributed by atoms with van der Waals surface area (Å²) >= 11 is 0.905. The van der Waals surface area contributed by atoms with Crippen molar-refractivity contribution in [3.63, 3.8) is 0 Å². The Morgan fingerprint density at radius 1 is 1.32 bits per heavy atom. The number of aryl methyl sites for hydroxylation is 2. The smallest absolute Gasteiger partial charge is 0.349 e. The lowest BCUT2D eigenvalue weighted by atomic mass is 10.4. The van der Waals surface area contributed by atoms with Crippen LogP contribution in [0, 0.1) is 13.8 Å². The highest BCUT2D eigenvalue weighted by atomic mass is 32.2. The van der Waals surface area contributed by atoms with Crippen molar-refractivity contribution in [2.45, 2.75) is 18.7 Å². The molecule has 0 radical (unpaired) electrons. The first-order valence-electron chi connectivity index (χ1n) is 6.79. The lowest BCUT2D eigenvalue weighted by Gasteiger charge is -2.17. The molecule has 12 heteroatoms. The maximum Gasteiger partial charge on any atom is 0.349 e. The van der Waals surface area contributed by atoms with Crippen LogP contribution in [0.25, 0.3) is 0 Å².